The Labute approximate surface area is 158 Å². The summed E-state index contributed by atoms with van der Waals surface area (Å²) in [7, 11) is 0. The zero-order chi connectivity index (χ0) is 17.8. The van der Waals surface area contributed by atoms with Crippen molar-refractivity contribution in [2.45, 2.75) is 12.5 Å². The summed E-state index contributed by atoms with van der Waals surface area (Å²) < 4.78 is 1.07. The third-order valence-corrected chi connectivity index (χ3v) is 4.51. The van der Waals surface area contributed by atoms with Crippen LogP contribution in [0.1, 0.15) is 16.1 Å². The molecule has 0 bridgehead atoms. The number of fused-ring (bicyclic) bond motifs is 1. The van der Waals surface area contributed by atoms with Crippen molar-refractivity contribution in [1.29, 1.82) is 0 Å². The van der Waals surface area contributed by atoms with E-state index in [0.29, 0.717) is 5.52 Å². The maximum absolute atomic E-state index is 12.4. The Hall–Kier alpha value is -2.48. The molecule has 1 aromatic heterocycles. The Morgan fingerprint density at radius 1 is 1.04 bits per heavy atom. The zero-order valence-electron chi connectivity index (χ0n) is 13.1. The first-order valence-electron chi connectivity index (χ1n) is 7.67. The van der Waals surface area contributed by atoms with Crippen LogP contribution in [0.4, 0.5) is 0 Å². The van der Waals surface area contributed by atoms with Crippen molar-refractivity contribution < 1.29 is 14.7 Å². The average molecular weight is 446 g/mol. The lowest BCUT2D eigenvalue weighted by atomic mass is 10.1. The second kappa shape index (κ2) is 7.60. The third kappa shape index (κ3) is 4.33. The molecular formula is C19H15IN2O3. The molecule has 0 saturated carbocycles. The van der Waals surface area contributed by atoms with Gasteiger partial charge in [0.2, 0.25) is 0 Å². The quantitative estimate of drug-likeness (QED) is 0.590. The highest BCUT2D eigenvalue weighted by Crippen LogP contribution is 2.13. The summed E-state index contributed by atoms with van der Waals surface area (Å²) in [4.78, 5) is 28.2. The van der Waals surface area contributed by atoms with Gasteiger partial charge in [0.15, 0.2) is 0 Å². The monoisotopic (exact) mass is 446 g/mol. The van der Waals surface area contributed by atoms with Gasteiger partial charge in [0, 0.05) is 15.4 Å². The van der Waals surface area contributed by atoms with Crippen molar-refractivity contribution >= 4 is 45.4 Å². The number of halogens is 1. The summed E-state index contributed by atoms with van der Waals surface area (Å²) in [6.07, 6.45) is 0.214. The minimum absolute atomic E-state index is 0.201. The van der Waals surface area contributed by atoms with E-state index in [0.717, 1.165) is 14.5 Å². The number of amides is 1. The molecular weight excluding hydrogens is 431 g/mol. The van der Waals surface area contributed by atoms with Crippen LogP contribution in [-0.4, -0.2) is 28.0 Å². The zero-order valence-corrected chi connectivity index (χ0v) is 15.3. The van der Waals surface area contributed by atoms with E-state index in [9.17, 15) is 14.7 Å². The number of carboxylic acids is 1. The molecule has 5 nitrogen and oxygen atoms in total. The lowest BCUT2D eigenvalue weighted by Crippen LogP contribution is -2.42. The second-order valence-corrected chi connectivity index (χ2v) is 6.83. The van der Waals surface area contributed by atoms with Crippen molar-refractivity contribution in [2.75, 3.05) is 0 Å². The van der Waals surface area contributed by atoms with Gasteiger partial charge >= 0.3 is 5.97 Å². The van der Waals surface area contributed by atoms with Gasteiger partial charge < -0.3 is 10.4 Å². The summed E-state index contributed by atoms with van der Waals surface area (Å²) in [6, 6.07) is 17.4. The number of nitrogens with one attached hydrogen (secondary N) is 1. The lowest BCUT2D eigenvalue weighted by molar-refractivity contribution is -0.139. The van der Waals surface area contributed by atoms with Crippen LogP contribution in [0, 0.1) is 3.57 Å². The van der Waals surface area contributed by atoms with E-state index in [1.54, 1.807) is 12.1 Å². The standard InChI is InChI=1S/C19H15IN2O3/c20-14-8-5-12(6-9-14)11-17(19(24)25)22-18(23)16-10-7-13-3-1-2-4-15(13)21-16/h1-10,17H,11H2,(H,22,23)(H,24,25)/t17-/m0/s1. The van der Waals surface area contributed by atoms with Gasteiger partial charge in [-0.2, -0.15) is 0 Å². The molecule has 2 N–H and O–H groups in total. The molecule has 0 aliphatic carbocycles. The van der Waals surface area contributed by atoms with Crippen molar-refractivity contribution in [1.82, 2.24) is 10.3 Å². The molecule has 1 heterocycles. The van der Waals surface area contributed by atoms with Crippen LogP contribution in [0.5, 0.6) is 0 Å². The predicted octanol–water partition coefficient (Wildman–Crippen LogP) is 3.27. The molecule has 3 rings (SSSR count). The number of para-hydroxylation sites is 1. The number of carbonyl (C=O) groups is 2. The summed E-state index contributed by atoms with van der Waals surface area (Å²) in [6.45, 7) is 0. The minimum Gasteiger partial charge on any atom is -0.480 e. The summed E-state index contributed by atoms with van der Waals surface area (Å²) >= 11 is 2.18. The van der Waals surface area contributed by atoms with Crippen LogP contribution in [0.25, 0.3) is 10.9 Å². The van der Waals surface area contributed by atoms with Crippen LogP contribution in [0.3, 0.4) is 0 Å². The maximum atomic E-state index is 12.4. The van der Waals surface area contributed by atoms with Crippen molar-refractivity contribution in [3.63, 3.8) is 0 Å². The molecule has 0 radical (unpaired) electrons. The molecule has 0 aliphatic heterocycles. The smallest absolute Gasteiger partial charge is 0.326 e. The normalized spacial score (nSPS) is 11.9. The number of pyridine rings is 1. The van der Waals surface area contributed by atoms with E-state index in [2.05, 4.69) is 32.9 Å². The minimum atomic E-state index is -1.08. The molecule has 0 fully saturated rings. The van der Waals surface area contributed by atoms with Crippen molar-refractivity contribution in [3.05, 3.63) is 75.5 Å². The largest absolute Gasteiger partial charge is 0.480 e. The van der Waals surface area contributed by atoms with Gasteiger partial charge in [-0.3, -0.25) is 4.79 Å². The summed E-state index contributed by atoms with van der Waals surface area (Å²) in [5.74, 6) is -1.57. The first-order chi connectivity index (χ1) is 12.0. The summed E-state index contributed by atoms with van der Waals surface area (Å²) in [5.41, 5.74) is 1.74. The number of aliphatic carboxylic acids is 1. The van der Waals surface area contributed by atoms with E-state index >= 15 is 0 Å². The number of carbonyl (C=O) groups excluding carboxylic acids is 1. The molecule has 6 heteroatoms. The van der Waals surface area contributed by atoms with Gasteiger partial charge in [0.05, 0.1) is 5.52 Å². The van der Waals surface area contributed by atoms with Crippen molar-refractivity contribution in [2.24, 2.45) is 0 Å². The van der Waals surface area contributed by atoms with Gasteiger partial charge in [0.25, 0.3) is 5.91 Å². The number of nitrogens with zero attached hydrogens (tertiary/aromatic N) is 1. The first-order valence-corrected chi connectivity index (χ1v) is 8.75. The Morgan fingerprint density at radius 3 is 2.48 bits per heavy atom. The highest BCUT2D eigenvalue weighted by molar-refractivity contribution is 14.1. The molecule has 0 unspecified atom stereocenters. The molecule has 126 valence electrons. The average Bonchev–Trinajstić information content (AvgIpc) is 2.62. The van der Waals surface area contributed by atoms with Gasteiger partial charge in [-0.1, -0.05) is 36.4 Å². The van der Waals surface area contributed by atoms with Crippen LogP contribution in [-0.2, 0) is 11.2 Å². The van der Waals surface area contributed by atoms with Crippen LogP contribution in [0.15, 0.2) is 60.7 Å². The SMILES string of the molecule is O=C(N[C@@H](Cc1ccc(I)cc1)C(=O)O)c1ccc2ccccc2n1. The van der Waals surface area contributed by atoms with Gasteiger partial charge in [-0.25, -0.2) is 9.78 Å². The molecule has 1 amide bonds. The van der Waals surface area contributed by atoms with E-state index in [-0.39, 0.29) is 12.1 Å². The Balaban J connectivity index is 1.77. The highest BCUT2D eigenvalue weighted by atomic mass is 127. The van der Waals surface area contributed by atoms with E-state index in [1.165, 1.54) is 0 Å². The third-order valence-electron chi connectivity index (χ3n) is 3.79. The number of hydrogen-bond donors (Lipinski definition) is 2. The number of rotatable bonds is 5. The fourth-order valence-corrected chi connectivity index (χ4v) is 2.84. The molecule has 0 saturated heterocycles. The van der Waals surface area contributed by atoms with Crippen LogP contribution < -0.4 is 5.32 Å². The summed E-state index contributed by atoms with van der Waals surface area (Å²) in [5, 5.41) is 12.9. The van der Waals surface area contributed by atoms with Gasteiger partial charge in [-0.15, -0.1) is 0 Å². The molecule has 0 aliphatic rings. The van der Waals surface area contributed by atoms with E-state index in [4.69, 9.17) is 0 Å². The molecule has 2 aromatic carbocycles. The number of benzene rings is 2. The fourth-order valence-electron chi connectivity index (χ4n) is 2.48. The number of hydrogen-bond acceptors (Lipinski definition) is 3. The molecule has 0 spiro atoms. The Bertz CT molecular complexity index is 925. The predicted molar refractivity (Wildman–Crippen MR) is 103 cm³/mol. The Kier molecular flexibility index (Phi) is 5.28. The van der Waals surface area contributed by atoms with Gasteiger partial charge in [-0.05, 0) is 52.4 Å². The van der Waals surface area contributed by atoms with Gasteiger partial charge in [0.1, 0.15) is 11.7 Å². The van der Waals surface area contributed by atoms with Crippen LogP contribution >= 0.6 is 22.6 Å². The molecule has 25 heavy (non-hydrogen) atoms. The maximum Gasteiger partial charge on any atom is 0.326 e. The topological polar surface area (TPSA) is 79.3 Å². The van der Waals surface area contributed by atoms with E-state index < -0.39 is 17.9 Å². The molecule has 1 atom stereocenters. The second-order valence-electron chi connectivity index (χ2n) is 5.58. The number of aromatic nitrogens is 1. The first kappa shape index (κ1) is 17.3. The fraction of sp³-hybridized carbons (Fsp3) is 0.105. The number of carboxylic acid groups (broad SMARTS) is 1. The van der Waals surface area contributed by atoms with E-state index in [1.807, 2.05) is 48.5 Å². The lowest BCUT2D eigenvalue weighted by Gasteiger charge is -2.14. The molecule has 3 aromatic rings. The highest BCUT2D eigenvalue weighted by Gasteiger charge is 2.21. The van der Waals surface area contributed by atoms with Crippen molar-refractivity contribution in [3.8, 4) is 0 Å². The van der Waals surface area contributed by atoms with Crippen LogP contribution in [0.2, 0.25) is 0 Å². The Morgan fingerprint density at radius 2 is 1.76 bits per heavy atom.